The standard InChI is InChI=1S/C21H29N3O3S/c1-16-9-8-11-18(13-16)21(2,3)15-23-20(25)22-14-17-10-6-7-12-19(17)28(26,27)24(4)5/h6-13H,14-15H2,1-5H3,(H2,22,23,25). The predicted octanol–water partition coefficient (Wildman–Crippen LogP) is 3.02. The third-order valence-electron chi connectivity index (χ3n) is 4.66. The van der Waals surface area contributed by atoms with Gasteiger partial charge in [-0.25, -0.2) is 17.5 Å². The molecule has 0 aliphatic rings. The Hall–Kier alpha value is -2.38. The molecule has 0 saturated carbocycles. The Morgan fingerprint density at radius 3 is 2.36 bits per heavy atom. The summed E-state index contributed by atoms with van der Waals surface area (Å²) in [5, 5.41) is 5.63. The first kappa shape index (κ1) is 21.9. The summed E-state index contributed by atoms with van der Waals surface area (Å²) in [7, 11) is -0.598. The summed E-state index contributed by atoms with van der Waals surface area (Å²) >= 11 is 0. The number of carbonyl (C=O) groups is 1. The van der Waals surface area contributed by atoms with E-state index in [1.807, 2.05) is 19.1 Å². The van der Waals surface area contributed by atoms with Crippen LogP contribution in [0.25, 0.3) is 0 Å². The van der Waals surface area contributed by atoms with Gasteiger partial charge in [-0.05, 0) is 24.1 Å². The van der Waals surface area contributed by atoms with Crippen molar-refractivity contribution in [3.8, 4) is 0 Å². The molecule has 0 fully saturated rings. The second kappa shape index (κ2) is 8.75. The zero-order valence-electron chi connectivity index (χ0n) is 17.1. The average Bonchev–Trinajstić information content (AvgIpc) is 2.65. The molecule has 0 heterocycles. The van der Waals surface area contributed by atoms with Gasteiger partial charge in [-0.2, -0.15) is 0 Å². The van der Waals surface area contributed by atoms with Crippen LogP contribution in [0.5, 0.6) is 0 Å². The van der Waals surface area contributed by atoms with Gasteiger partial charge in [-0.1, -0.05) is 61.9 Å². The first-order valence-corrected chi connectivity index (χ1v) is 10.6. The summed E-state index contributed by atoms with van der Waals surface area (Å²) in [5.74, 6) is 0. The van der Waals surface area contributed by atoms with E-state index < -0.39 is 10.0 Å². The molecule has 2 aromatic carbocycles. The Morgan fingerprint density at radius 2 is 1.71 bits per heavy atom. The minimum absolute atomic E-state index is 0.125. The van der Waals surface area contributed by atoms with Crippen LogP contribution in [0.2, 0.25) is 0 Å². The zero-order valence-corrected chi connectivity index (χ0v) is 17.9. The van der Waals surface area contributed by atoms with Crippen molar-refractivity contribution < 1.29 is 13.2 Å². The van der Waals surface area contributed by atoms with E-state index in [0.29, 0.717) is 12.1 Å². The van der Waals surface area contributed by atoms with Gasteiger partial charge in [-0.15, -0.1) is 0 Å². The molecule has 0 aromatic heterocycles. The number of carbonyl (C=O) groups excluding carboxylic acids is 1. The van der Waals surface area contributed by atoms with Crippen molar-refractivity contribution in [2.24, 2.45) is 0 Å². The molecule has 0 aliphatic carbocycles. The van der Waals surface area contributed by atoms with Crippen molar-refractivity contribution >= 4 is 16.1 Å². The molecule has 0 spiro atoms. The van der Waals surface area contributed by atoms with Gasteiger partial charge in [-0.3, -0.25) is 0 Å². The maximum absolute atomic E-state index is 12.4. The van der Waals surface area contributed by atoms with E-state index in [4.69, 9.17) is 0 Å². The van der Waals surface area contributed by atoms with E-state index in [-0.39, 0.29) is 22.9 Å². The van der Waals surface area contributed by atoms with Crippen molar-refractivity contribution in [3.05, 3.63) is 65.2 Å². The molecule has 152 valence electrons. The van der Waals surface area contributed by atoms with Crippen LogP contribution >= 0.6 is 0 Å². The van der Waals surface area contributed by atoms with Crippen molar-refractivity contribution in [1.29, 1.82) is 0 Å². The molecule has 2 rings (SSSR count). The van der Waals surface area contributed by atoms with Gasteiger partial charge in [0.05, 0.1) is 4.90 Å². The van der Waals surface area contributed by atoms with Gasteiger partial charge < -0.3 is 10.6 Å². The van der Waals surface area contributed by atoms with Crippen LogP contribution in [-0.4, -0.2) is 39.4 Å². The predicted molar refractivity (Wildman–Crippen MR) is 112 cm³/mol. The van der Waals surface area contributed by atoms with Crippen LogP contribution in [0.4, 0.5) is 4.79 Å². The molecule has 0 aliphatic heterocycles. The van der Waals surface area contributed by atoms with Crippen molar-refractivity contribution in [2.75, 3.05) is 20.6 Å². The Labute approximate surface area is 168 Å². The van der Waals surface area contributed by atoms with Gasteiger partial charge >= 0.3 is 6.03 Å². The highest BCUT2D eigenvalue weighted by Gasteiger charge is 2.23. The summed E-state index contributed by atoms with van der Waals surface area (Å²) in [6.07, 6.45) is 0. The summed E-state index contributed by atoms with van der Waals surface area (Å²) in [5.41, 5.74) is 2.64. The molecular formula is C21H29N3O3S. The van der Waals surface area contributed by atoms with Crippen molar-refractivity contribution in [2.45, 2.75) is 37.6 Å². The smallest absolute Gasteiger partial charge is 0.315 e. The van der Waals surface area contributed by atoms with E-state index in [1.165, 1.54) is 19.7 Å². The van der Waals surface area contributed by atoms with Gasteiger partial charge in [0.1, 0.15) is 0 Å². The molecule has 2 amide bonds. The molecule has 0 bridgehead atoms. The van der Waals surface area contributed by atoms with Gasteiger partial charge in [0.15, 0.2) is 0 Å². The summed E-state index contributed by atoms with van der Waals surface area (Å²) < 4.78 is 26.0. The number of rotatable bonds is 7. The third kappa shape index (κ3) is 5.33. The minimum atomic E-state index is -3.57. The summed E-state index contributed by atoms with van der Waals surface area (Å²) in [6.45, 7) is 6.76. The molecule has 0 saturated heterocycles. The van der Waals surface area contributed by atoms with Crippen LogP contribution in [0, 0.1) is 6.92 Å². The second-order valence-electron chi connectivity index (χ2n) is 7.68. The SMILES string of the molecule is Cc1cccc(C(C)(C)CNC(=O)NCc2ccccc2S(=O)(=O)N(C)C)c1. The highest BCUT2D eigenvalue weighted by atomic mass is 32.2. The fourth-order valence-corrected chi connectivity index (χ4v) is 3.92. The number of hydrogen-bond donors (Lipinski definition) is 2. The largest absolute Gasteiger partial charge is 0.337 e. The zero-order chi connectivity index (χ0) is 20.9. The molecule has 0 unspecified atom stereocenters. The van der Waals surface area contributed by atoms with Crippen molar-refractivity contribution in [3.63, 3.8) is 0 Å². The Morgan fingerprint density at radius 1 is 1.04 bits per heavy atom. The number of hydrogen-bond acceptors (Lipinski definition) is 3. The minimum Gasteiger partial charge on any atom is -0.337 e. The van der Waals surface area contributed by atoms with E-state index in [1.54, 1.807) is 24.3 Å². The number of nitrogens with zero attached hydrogens (tertiary/aromatic N) is 1. The van der Waals surface area contributed by atoms with Gasteiger partial charge in [0.2, 0.25) is 10.0 Å². The molecule has 28 heavy (non-hydrogen) atoms. The normalized spacial score (nSPS) is 12.1. The van der Waals surface area contributed by atoms with Crippen LogP contribution in [0.3, 0.4) is 0 Å². The van der Waals surface area contributed by atoms with E-state index >= 15 is 0 Å². The quantitative estimate of drug-likeness (QED) is 0.746. The number of benzene rings is 2. The lowest BCUT2D eigenvalue weighted by Gasteiger charge is -2.26. The molecule has 0 atom stereocenters. The van der Waals surface area contributed by atoms with Crippen LogP contribution < -0.4 is 10.6 Å². The number of aryl methyl sites for hydroxylation is 1. The fraction of sp³-hybridized carbons (Fsp3) is 0.381. The first-order chi connectivity index (χ1) is 13.0. The molecule has 2 N–H and O–H groups in total. The lowest BCUT2D eigenvalue weighted by Crippen LogP contribution is -2.42. The Balaban J connectivity index is 2.00. The summed E-state index contributed by atoms with van der Waals surface area (Å²) in [6, 6.07) is 14.6. The van der Waals surface area contributed by atoms with E-state index in [9.17, 15) is 13.2 Å². The summed E-state index contributed by atoms with van der Waals surface area (Å²) in [4.78, 5) is 12.5. The maximum atomic E-state index is 12.4. The van der Waals surface area contributed by atoms with Gasteiger partial charge in [0, 0.05) is 32.6 Å². The number of sulfonamides is 1. The lowest BCUT2D eigenvalue weighted by molar-refractivity contribution is 0.238. The Kier molecular flexibility index (Phi) is 6.85. The topological polar surface area (TPSA) is 78.5 Å². The highest BCUT2D eigenvalue weighted by Crippen LogP contribution is 2.23. The van der Waals surface area contributed by atoms with Crippen LogP contribution in [-0.2, 0) is 22.0 Å². The molecule has 0 radical (unpaired) electrons. The number of nitrogens with one attached hydrogen (secondary N) is 2. The molecular weight excluding hydrogens is 374 g/mol. The monoisotopic (exact) mass is 403 g/mol. The lowest BCUT2D eigenvalue weighted by atomic mass is 9.84. The third-order valence-corrected chi connectivity index (χ3v) is 6.58. The average molecular weight is 404 g/mol. The maximum Gasteiger partial charge on any atom is 0.315 e. The number of urea groups is 1. The molecule has 2 aromatic rings. The van der Waals surface area contributed by atoms with Crippen molar-refractivity contribution in [1.82, 2.24) is 14.9 Å². The molecule has 7 heteroatoms. The number of amides is 2. The fourth-order valence-electron chi connectivity index (χ4n) is 2.81. The Bertz CT molecular complexity index is 937. The van der Waals surface area contributed by atoms with Gasteiger partial charge in [0.25, 0.3) is 0 Å². The van der Waals surface area contributed by atoms with E-state index in [0.717, 1.165) is 9.87 Å². The first-order valence-electron chi connectivity index (χ1n) is 9.13. The molecule has 6 nitrogen and oxygen atoms in total. The second-order valence-corrected chi connectivity index (χ2v) is 9.81. The van der Waals surface area contributed by atoms with Crippen LogP contribution in [0.1, 0.15) is 30.5 Å². The highest BCUT2D eigenvalue weighted by molar-refractivity contribution is 7.89. The van der Waals surface area contributed by atoms with Crippen LogP contribution in [0.15, 0.2) is 53.4 Å². The van der Waals surface area contributed by atoms with E-state index in [2.05, 4.69) is 36.6 Å².